The van der Waals surface area contributed by atoms with Gasteiger partial charge in [0.05, 0.1) is 17.7 Å². The maximum absolute atomic E-state index is 5.81. The number of anilines is 1. The lowest BCUT2D eigenvalue weighted by Crippen LogP contribution is -2.33. The SMILES string of the molecule is CCC(Nc1ncnc2cccc(C)c12)C1CCCO1. The van der Waals surface area contributed by atoms with E-state index < -0.39 is 0 Å². The number of aryl methyl sites for hydroxylation is 1. The second-order valence-corrected chi connectivity index (χ2v) is 5.40. The topological polar surface area (TPSA) is 47.0 Å². The smallest absolute Gasteiger partial charge is 0.137 e. The van der Waals surface area contributed by atoms with Gasteiger partial charge in [0.1, 0.15) is 12.1 Å². The zero-order valence-electron chi connectivity index (χ0n) is 12.1. The first-order chi connectivity index (χ1) is 9.79. The van der Waals surface area contributed by atoms with E-state index >= 15 is 0 Å². The number of fused-ring (bicyclic) bond motifs is 1. The molecular formula is C16H21N3O. The van der Waals surface area contributed by atoms with Gasteiger partial charge < -0.3 is 10.1 Å². The van der Waals surface area contributed by atoms with E-state index in [-0.39, 0.29) is 0 Å². The molecule has 1 aliphatic heterocycles. The molecule has 0 amide bonds. The number of hydrogen-bond donors (Lipinski definition) is 1. The molecule has 2 unspecified atom stereocenters. The molecule has 1 saturated heterocycles. The summed E-state index contributed by atoms with van der Waals surface area (Å²) in [5.74, 6) is 0.926. The third kappa shape index (κ3) is 2.48. The van der Waals surface area contributed by atoms with Crippen LogP contribution in [0.1, 0.15) is 31.7 Å². The first-order valence-electron chi connectivity index (χ1n) is 7.38. The Labute approximate surface area is 119 Å². The van der Waals surface area contributed by atoms with Crippen molar-refractivity contribution in [1.29, 1.82) is 0 Å². The monoisotopic (exact) mass is 271 g/mol. The Bertz CT molecular complexity index is 588. The Morgan fingerprint density at radius 3 is 3.05 bits per heavy atom. The molecule has 1 aromatic heterocycles. The maximum Gasteiger partial charge on any atom is 0.137 e. The van der Waals surface area contributed by atoms with Crippen LogP contribution >= 0.6 is 0 Å². The quantitative estimate of drug-likeness (QED) is 0.926. The molecule has 4 nitrogen and oxygen atoms in total. The summed E-state index contributed by atoms with van der Waals surface area (Å²) in [5.41, 5.74) is 2.19. The van der Waals surface area contributed by atoms with Crippen LogP contribution in [0.5, 0.6) is 0 Å². The Balaban J connectivity index is 1.93. The number of nitrogens with one attached hydrogen (secondary N) is 1. The molecule has 2 atom stereocenters. The zero-order valence-corrected chi connectivity index (χ0v) is 12.1. The molecule has 0 saturated carbocycles. The van der Waals surface area contributed by atoms with E-state index in [0.29, 0.717) is 12.1 Å². The Hall–Kier alpha value is -1.68. The van der Waals surface area contributed by atoms with Gasteiger partial charge >= 0.3 is 0 Å². The lowest BCUT2D eigenvalue weighted by atomic mass is 10.0. The minimum Gasteiger partial charge on any atom is -0.376 e. The van der Waals surface area contributed by atoms with Crippen molar-refractivity contribution in [3.05, 3.63) is 30.1 Å². The van der Waals surface area contributed by atoms with Crippen LogP contribution in [0, 0.1) is 6.92 Å². The van der Waals surface area contributed by atoms with E-state index in [1.807, 2.05) is 12.1 Å². The van der Waals surface area contributed by atoms with Crippen molar-refractivity contribution < 1.29 is 4.74 Å². The van der Waals surface area contributed by atoms with Crippen molar-refractivity contribution in [3.63, 3.8) is 0 Å². The average molecular weight is 271 g/mol. The number of aromatic nitrogens is 2. The van der Waals surface area contributed by atoms with E-state index in [0.717, 1.165) is 42.6 Å². The fourth-order valence-electron chi connectivity index (χ4n) is 2.94. The molecule has 1 aromatic carbocycles. The van der Waals surface area contributed by atoms with Gasteiger partial charge in [0, 0.05) is 12.0 Å². The molecule has 2 aromatic rings. The second kappa shape index (κ2) is 5.75. The zero-order chi connectivity index (χ0) is 13.9. The van der Waals surface area contributed by atoms with Crippen molar-refractivity contribution in [2.45, 2.75) is 45.3 Å². The predicted octanol–water partition coefficient (Wildman–Crippen LogP) is 3.31. The fraction of sp³-hybridized carbons (Fsp3) is 0.500. The van der Waals surface area contributed by atoms with Crippen LogP contribution < -0.4 is 5.32 Å². The molecule has 0 radical (unpaired) electrons. The minimum atomic E-state index is 0.300. The summed E-state index contributed by atoms with van der Waals surface area (Å²) in [6.07, 6.45) is 5.25. The second-order valence-electron chi connectivity index (χ2n) is 5.40. The third-order valence-corrected chi connectivity index (χ3v) is 4.05. The van der Waals surface area contributed by atoms with E-state index in [1.54, 1.807) is 6.33 Å². The van der Waals surface area contributed by atoms with E-state index in [2.05, 4.69) is 35.2 Å². The van der Waals surface area contributed by atoms with Crippen LogP contribution in [0.3, 0.4) is 0 Å². The van der Waals surface area contributed by atoms with Crippen molar-refractivity contribution in [1.82, 2.24) is 9.97 Å². The molecule has 2 heterocycles. The van der Waals surface area contributed by atoms with Crippen molar-refractivity contribution >= 4 is 16.7 Å². The first kappa shape index (κ1) is 13.3. The molecule has 3 rings (SSSR count). The van der Waals surface area contributed by atoms with Crippen LogP contribution in [0.2, 0.25) is 0 Å². The summed E-state index contributed by atoms with van der Waals surface area (Å²) in [6, 6.07) is 6.48. The highest BCUT2D eigenvalue weighted by atomic mass is 16.5. The molecule has 4 heteroatoms. The summed E-state index contributed by atoms with van der Waals surface area (Å²) in [4.78, 5) is 8.80. The standard InChI is InChI=1S/C16H21N3O/c1-3-12(14-8-5-9-20-14)19-16-15-11(2)6-4-7-13(15)17-10-18-16/h4,6-7,10,12,14H,3,5,8-9H2,1-2H3,(H,17,18,19). The Kier molecular flexibility index (Phi) is 3.83. The summed E-state index contributed by atoms with van der Waals surface area (Å²) in [6.45, 7) is 5.17. The van der Waals surface area contributed by atoms with Gasteiger partial charge in [-0.1, -0.05) is 19.1 Å². The van der Waals surface area contributed by atoms with E-state index in [9.17, 15) is 0 Å². The highest BCUT2D eigenvalue weighted by Gasteiger charge is 2.25. The maximum atomic E-state index is 5.81. The van der Waals surface area contributed by atoms with Crippen LogP contribution in [-0.4, -0.2) is 28.7 Å². The minimum absolute atomic E-state index is 0.300. The third-order valence-electron chi connectivity index (χ3n) is 4.05. The molecule has 1 aliphatic rings. The van der Waals surface area contributed by atoms with Gasteiger partial charge in [-0.05, 0) is 37.8 Å². The van der Waals surface area contributed by atoms with E-state index in [4.69, 9.17) is 4.74 Å². The Morgan fingerprint density at radius 1 is 1.40 bits per heavy atom. The lowest BCUT2D eigenvalue weighted by molar-refractivity contribution is 0.0943. The van der Waals surface area contributed by atoms with Crippen LogP contribution in [-0.2, 0) is 4.74 Å². The molecule has 0 aliphatic carbocycles. The van der Waals surface area contributed by atoms with Gasteiger partial charge in [0.15, 0.2) is 0 Å². The predicted molar refractivity (Wildman–Crippen MR) is 81.0 cm³/mol. The molecule has 1 fully saturated rings. The first-order valence-corrected chi connectivity index (χ1v) is 7.38. The van der Waals surface area contributed by atoms with Crippen LogP contribution in [0.25, 0.3) is 10.9 Å². The molecule has 0 spiro atoms. The van der Waals surface area contributed by atoms with Gasteiger partial charge in [-0.25, -0.2) is 9.97 Å². The Morgan fingerprint density at radius 2 is 2.30 bits per heavy atom. The van der Waals surface area contributed by atoms with Gasteiger partial charge in [-0.15, -0.1) is 0 Å². The molecule has 0 bridgehead atoms. The summed E-state index contributed by atoms with van der Waals surface area (Å²) >= 11 is 0. The number of nitrogens with zero attached hydrogens (tertiary/aromatic N) is 2. The van der Waals surface area contributed by atoms with E-state index in [1.165, 1.54) is 5.56 Å². The van der Waals surface area contributed by atoms with Crippen molar-refractivity contribution in [2.75, 3.05) is 11.9 Å². The molecule has 20 heavy (non-hydrogen) atoms. The summed E-state index contributed by atoms with van der Waals surface area (Å²) < 4.78 is 5.81. The lowest BCUT2D eigenvalue weighted by Gasteiger charge is -2.24. The van der Waals surface area contributed by atoms with Crippen LogP contribution in [0.15, 0.2) is 24.5 Å². The van der Waals surface area contributed by atoms with Crippen molar-refractivity contribution in [2.24, 2.45) is 0 Å². The molecular weight excluding hydrogens is 250 g/mol. The number of benzene rings is 1. The molecule has 106 valence electrons. The van der Waals surface area contributed by atoms with Gasteiger partial charge in [0.2, 0.25) is 0 Å². The van der Waals surface area contributed by atoms with Gasteiger partial charge in [-0.2, -0.15) is 0 Å². The molecule has 1 N–H and O–H groups in total. The highest BCUT2D eigenvalue weighted by molar-refractivity contribution is 5.91. The van der Waals surface area contributed by atoms with Crippen LogP contribution in [0.4, 0.5) is 5.82 Å². The summed E-state index contributed by atoms with van der Waals surface area (Å²) in [7, 11) is 0. The number of ether oxygens (including phenoxy) is 1. The number of hydrogen-bond acceptors (Lipinski definition) is 4. The van der Waals surface area contributed by atoms with Gasteiger partial charge in [0.25, 0.3) is 0 Å². The largest absolute Gasteiger partial charge is 0.376 e. The van der Waals surface area contributed by atoms with Crippen molar-refractivity contribution in [3.8, 4) is 0 Å². The fourth-order valence-corrected chi connectivity index (χ4v) is 2.94. The normalized spacial score (nSPS) is 20.2. The van der Waals surface area contributed by atoms with Gasteiger partial charge in [-0.3, -0.25) is 0 Å². The number of rotatable bonds is 4. The average Bonchev–Trinajstić information content (AvgIpc) is 2.99. The highest BCUT2D eigenvalue weighted by Crippen LogP contribution is 2.26. The summed E-state index contributed by atoms with van der Waals surface area (Å²) in [5, 5.41) is 4.70.